The maximum atomic E-state index is 10.9. The van der Waals surface area contributed by atoms with E-state index in [4.69, 9.17) is 0 Å². The summed E-state index contributed by atoms with van der Waals surface area (Å²) in [4.78, 5) is 21.6. The van der Waals surface area contributed by atoms with Crippen molar-refractivity contribution in [3.63, 3.8) is 0 Å². The molecule has 0 amide bonds. The maximum absolute atomic E-state index is 10.9. The lowest BCUT2D eigenvalue weighted by atomic mass is 9.92. The van der Waals surface area contributed by atoms with Crippen LogP contribution < -0.4 is 0 Å². The Kier molecular flexibility index (Phi) is 4.74. The molecule has 0 heterocycles. The first kappa shape index (κ1) is 11.3. The van der Waals surface area contributed by atoms with Crippen molar-refractivity contribution < 1.29 is 14.7 Å². The molecule has 70 valence electrons. The molecule has 0 saturated heterocycles. The Labute approximate surface area is 72.8 Å². The smallest absolute Gasteiger partial charge is 0.135 e. The van der Waals surface area contributed by atoms with E-state index in [1.54, 1.807) is 0 Å². The first-order valence-corrected chi connectivity index (χ1v) is 4.17. The summed E-state index contributed by atoms with van der Waals surface area (Å²) in [5, 5.41) is 9.41. The second-order valence-electron chi connectivity index (χ2n) is 3.10. The summed E-state index contributed by atoms with van der Waals surface area (Å²) in [5.41, 5.74) is 0. The highest BCUT2D eigenvalue weighted by Gasteiger charge is 2.22. The monoisotopic (exact) mass is 172 g/mol. The van der Waals surface area contributed by atoms with Gasteiger partial charge >= 0.3 is 0 Å². The Bertz CT molecular complexity index is 175. The van der Waals surface area contributed by atoms with Crippen LogP contribution in [0.1, 0.15) is 33.6 Å². The molecule has 0 saturated carbocycles. The van der Waals surface area contributed by atoms with Crippen molar-refractivity contribution in [2.24, 2.45) is 5.92 Å². The van der Waals surface area contributed by atoms with Crippen LogP contribution in [0.4, 0.5) is 0 Å². The number of rotatable bonds is 5. The Balaban J connectivity index is 4.11. The van der Waals surface area contributed by atoms with E-state index in [1.165, 1.54) is 13.8 Å². The molecule has 0 bridgehead atoms. The van der Waals surface area contributed by atoms with E-state index in [9.17, 15) is 14.7 Å². The number of hydrogen-bond acceptors (Lipinski definition) is 3. The first-order valence-electron chi connectivity index (χ1n) is 4.17. The van der Waals surface area contributed by atoms with Gasteiger partial charge in [0.1, 0.15) is 11.6 Å². The zero-order chi connectivity index (χ0) is 9.72. The quantitative estimate of drug-likeness (QED) is 0.671. The van der Waals surface area contributed by atoms with Gasteiger partial charge in [-0.15, -0.1) is 0 Å². The van der Waals surface area contributed by atoms with Crippen molar-refractivity contribution in [2.75, 3.05) is 0 Å². The Morgan fingerprint density at radius 3 is 2.08 bits per heavy atom. The molecule has 3 nitrogen and oxygen atoms in total. The van der Waals surface area contributed by atoms with E-state index in [1.807, 2.05) is 6.92 Å². The van der Waals surface area contributed by atoms with Crippen LogP contribution in [0.25, 0.3) is 0 Å². The van der Waals surface area contributed by atoms with Gasteiger partial charge in [0.2, 0.25) is 0 Å². The molecule has 0 aromatic carbocycles. The minimum Gasteiger partial charge on any atom is -0.392 e. The van der Waals surface area contributed by atoms with Gasteiger partial charge in [-0.3, -0.25) is 9.59 Å². The van der Waals surface area contributed by atoms with Gasteiger partial charge in [0.25, 0.3) is 0 Å². The van der Waals surface area contributed by atoms with Crippen LogP contribution in [-0.2, 0) is 9.59 Å². The SMILES string of the molecule is CCC(C(C)=O)C(O)CC(C)=O. The molecule has 0 radical (unpaired) electrons. The molecule has 0 aromatic heterocycles. The third-order valence-electron chi connectivity index (χ3n) is 1.92. The number of ketones is 2. The molecule has 0 aliphatic rings. The second-order valence-corrected chi connectivity index (χ2v) is 3.10. The molecule has 1 N–H and O–H groups in total. The average Bonchev–Trinajstić information content (AvgIpc) is 1.85. The number of aliphatic hydroxyl groups excluding tert-OH is 1. The van der Waals surface area contributed by atoms with Crippen LogP contribution in [-0.4, -0.2) is 22.8 Å². The van der Waals surface area contributed by atoms with E-state index in [0.29, 0.717) is 6.42 Å². The molecule has 0 aliphatic carbocycles. The summed E-state index contributed by atoms with van der Waals surface area (Å²) >= 11 is 0. The van der Waals surface area contributed by atoms with Crippen LogP contribution in [0.2, 0.25) is 0 Å². The van der Waals surface area contributed by atoms with Gasteiger partial charge < -0.3 is 5.11 Å². The molecule has 0 fully saturated rings. The van der Waals surface area contributed by atoms with Crippen molar-refractivity contribution in [1.29, 1.82) is 0 Å². The number of hydrogen-bond donors (Lipinski definition) is 1. The molecule has 0 aliphatic heterocycles. The lowest BCUT2D eigenvalue weighted by molar-refractivity contribution is -0.126. The third-order valence-corrected chi connectivity index (χ3v) is 1.92. The molecular weight excluding hydrogens is 156 g/mol. The van der Waals surface area contributed by atoms with E-state index in [2.05, 4.69) is 0 Å². The highest BCUT2D eigenvalue weighted by molar-refractivity contribution is 5.81. The van der Waals surface area contributed by atoms with Crippen LogP contribution in [0.5, 0.6) is 0 Å². The number of aliphatic hydroxyl groups is 1. The fourth-order valence-electron chi connectivity index (χ4n) is 1.27. The fraction of sp³-hybridized carbons (Fsp3) is 0.778. The topological polar surface area (TPSA) is 54.4 Å². The number of carbonyl (C=O) groups excluding carboxylic acids is 2. The van der Waals surface area contributed by atoms with E-state index < -0.39 is 6.10 Å². The lowest BCUT2D eigenvalue weighted by Crippen LogP contribution is -2.27. The van der Waals surface area contributed by atoms with Crippen LogP contribution >= 0.6 is 0 Å². The van der Waals surface area contributed by atoms with Crippen molar-refractivity contribution >= 4 is 11.6 Å². The second kappa shape index (κ2) is 5.04. The van der Waals surface area contributed by atoms with Gasteiger partial charge in [0.05, 0.1) is 6.10 Å². The van der Waals surface area contributed by atoms with E-state index in [0.717, 1.165) is 0 Å². The standard InChI is InChI=1S/C9H16O3/c1-4-8(7(3)11)9(12)5-6(2)10/h8-9,12H,4-5H2,1-3H3. The van der Waals surface area contributed by atoms with Gasteiger partial charge in [-0.25, -0.2) is 0 Å². The Morgan fingerprint density at radius 2 is 1.83 bits per heavy atom. The summed E-state index contributed by atoms with van der Waals surface area (Å²) < 4.78 is 0. The van der Waals surface area contributed by atoms with Gasteiger partial charge in [-0.1, -0.05) is 6.92 Å². The molecular formula is C9H16O3. The van der Waals surface area contributed by atoms with Crippen molar-refractivity contribution in [3.8, 4) is 0 Å². The average molecular weight is 172 g/mol. The lowest BCUT2D eigenvalue weighted by Gasteiger charge is -2.17. The van der Waals surface area contributed by atoms with Crippen molar-refractivity contribution in [2.45, 2.75) is 39.7 Å². The summed E-state index contributed by atoms with van der Waals surface area (Å²) in [6.45, 7) is 4.68. The van der Waals surface area contributed by atoms with Crippen LogP contribution in [0.3, 0.4) is 0 Å². The summed E-state index contributed by atoms with van der Waals surface area (Å²) in [5.74, 6) is -0.512. The van der Waals surface area contributed by atoms with E-state index >= 15 is 0 Å². The normalized spacial score (nSPS) is 15.3. The molecule has 0 aromatic rings. The molecule has 0 rings (SSSR count). The number of carbonyl (C=O) groups is 2. The maximum Gasteiger partial charge on any atom is 0.135 e. The first-order chi connectivity index (χ1) is 5.49. The summed E-state index contributed by atoms with van der Waals surface area (Å²) in [7, 11) is 0. The molecule has 12 heavy (non-hydrogen) atoms. The van der Waals surface area contributed by atoms with Crippen molar-refractivity contribution in [1.82, 2.24) is 0 Å². The fourth-order valence-corrected chi connectivity index (χ4v) is 1.27. The summed E-state index contributed by atoms with van der Waals surface area (Å²) in [6.07, 6.45) is -0.132. The molecule has 2 atom stereocenters. The highest BCUT2D eigenvalue weighted by atomic mass is 16.3. The zero-order valence-corrected chi connectivity index (χ0v) is 7.83. The predicted molar refractivity (Wildman–Crippen MR) is 45.8 cm³/mol. The van der Waals surface area contributed by atoms with Gasteiger partial charge in [0, 0.05) is 12.3 Å². The van der Waals surface area contributed by atoms with Gasteiger partial charge in [0.15, 0.2) is 0 Å². The summed E-state index contributed by atoms with van der Waals surface area (Å²) in [6, 6.07) is 0. The van der Waals surface area contributed by atoms with Crippen LogP contribution in [0.15, 0.2) is 0 Å². The van der Waals surface area contributed by atoms with Gasteiger partial charge in [-0.2, -0.15) is 0 Å². The minimum absolute atomic E-state index is 0.0498. The zero-order valence-electron chi connectivity index (χ0n) is 7.83. The Morgan fingerprint density at radius 1 is 1.33 bits per heavy atom. The molecule has 0 spiro atoms. The Hall–Kier alpha value is -0.700. The van der Waals surface area contributed by atoms with Crippen LogP contribution in [0, 0.1) is 5.92 Å². The van der Waals surface area contributed by atoms with Crippen molar-refractivity contribution in [3.05, 3.63) is 0 Å². The van der Waals surface area contributed by atoms with Gasteiger partial charge in [-0.05, 0) is 20.3 Å². The predicted octanol–water partition coefficient (Wildman–Crippen LogP) is 0.942. The van der Waals surface area contributed by atoms with E-state index in [-0.39, 0.29) is 23.9 Å². The largest absolute Gasteiger partial charge is 0.392 e. The third kappa shape index (κ3) is 3.62. The highest BCUT2D eigenvalue weighted by Crippen LogP contribution is 2.13. The molecule has 2 unspecified atom stereocenters. The molecule has 3 heteroatoms. The minimum atomic E-state index is -0.801. The number of Topliss-reactive ketones (excluding diaryl/α,β-unsaturated/α-hetero) is 2.